The van der Waals surface area contributed by atoms with Gasteiger partial charge in [-0.2, -0.15) is 0 Å². The second-order valence-electron chi connectivity index (χ2n) is 4.60. The molecular formula is C13H13Cl2NO3. The van der Waals surface area contributed by atoms with Crippen LogP contribution in [0.25, 0.3) is 0 Å². The van der Waals surface area contributed by atoms with Crippen molar-refractivity contribution in [2.24, 2.45) is 11.8 Å². The van der Waals surface area contributed by atoms with Gasteiger partial charge in [0.1, 0.15) is 0 Å². The summed E-state index contributed by atoms with van der Waals surface area (Å²) in [5.74, 6) is -2.26. The van der Waals surface area contributed by atoms with Crippen LogP contribution in [-0.4, -0.2) is 17.0 Å². The maximum absolute atomic E-state index is 12.1. The molecule has 0 bridgehead atoms. The van der Waals surface area contributed by atoms with Crippen LogP contribution in [0.2, 0.25) is 10.0 Å². The second kappa shape index (κ2) is 5.80. The van der Waals surface area contributed by atoms with E-state index in [1.165, 1.54) is 0 Å². The standard InChI is InChI=1S/C13H13Cl2NO3/c14-10-5-4-7(6-11(10)15)16-12(17)8-2-1-3-9(8)13(18)19/h4-6,8-9H,1-3H2,(H,16,17)(H,18,19). The molecule has 2 rings (SSSR count). The third-order valence-electron chi connectivity index (χ3n) is 3.36. The SMILES string of the molecule is O=C(O)C1CCCC1C(=O)Nc1ccc(Cl)c(Cl)c1. The molecule has 1 fully saturated rings. The lowest BCUT2D eigenvalue weighted by molar-refractivity contribution is -0.145. The number of rotatable bonds is 3. The third-order valence-corrected chi connectivity index (χ3v) is 4.10. The molecule has 0 spiro atoms. The third kappa shape index (κ3) is 3.19. The van der Waals surface area contributed by atoms with Gasteiger partial charge in [0.05, 0.1) is 21.9 Å². The minimum absolute atomic E-state index is 0.275. The molecular weight excluding hydrogens is 289 g/mol. The van der Waals surface area contributed by atoms with Crippen LogP contribution in [0.1, 0.15) is 19.3 Å². The smallest absolute Gasteiger partial charge is 0.307 e. The highest BCUT2D eigenvalue weighted by atomic mass is 35.5. The summed E-state index contributed by atoms with van der Waals surface area (Å²) >= 11 is 11.6. The van der Waals surface area contributed by atoms with Crippen LogP contribution in [0.3, 0.4) is 0 Å². The number of carboxylic acid groups (broad SMARTS) is 1. The summed E-state index contributed by atoms with van der Waals surface area (Å²) in [6.07, 6.45) is 1.91. The van der Waals surface area contributed by atoms with E-state index in [4.69, 9.17) is 28.3 Å². The average Bonchev–Trinajstić information content (AvgIpc) is 2.83. The van der Waals surface area contributed by atoms with Crippen molar-refractivity contribution in [2.45, 2.75) is 19.3 Å². The van der Waals surface area contributed by atoms with Gasteiger partial charge in [-0.3, -0.25) is 9.59 Å². The molecule has 2 N–H and O–H groups in total. The number of carbonyl (C=O) groups excluding carboxylic acids is 1. The lowest BCUT2D eigenvalue weighted by Crippen LogP contribution is -2.29. The largest absolute Gasteiger partial charge is 0.481 e. The van der Waals surface area contributed by atoms with Gasteiger partial charge < -0.3 is 10.4 Å². The van der Waals surface area contributed by atoms with Crippen molar-refractivity contribution in [3.8, 4) is 0 Å². The van der Waals surface area contributed by atoms with Crippen LogP contribution in [-0.2, 0) is 9.59 Å². The highest BCUT2D eigenvalue weighted by Gasteiger charge is 2.37. The monoisotopic (exact) mass is 301 g/mol. The number of amides is 1. The Morgan fingerprint density at radius 3 is 2.47 bits per heavy atom. The minimum Gasteiger partial charge on any atom is -0.481 e. The maximum atomic E-state index is 12.1. The fraction of sp³-hybridized carbons (Fsp3) is 0.385. The number of carbonyl (C=O) groups is 2. The predicted molar refractivity (Wildman–Crippen MR) is 73.6 cm³/mol. The number of nitrogens with one attached hydrogen (secondary N) is 1. The van der Waals surface area contributed by atoms with Gasteiger partial charge in [0, 0.05) is 5.69 Å². The van der Waals surface area contributed by atoms with Gasteiger partial charge in [-0.25, -0.2) is 0 Å². The van der Waals surface area contributed by atoms with Crippen LogP contribution in [0.4, 0.5) is 5.69 Å². The Balaban J connectivity index is 2.08. The summed E-state index contributed by atoms with van der Waals surface area (Å²) < 4.78 is 0. The molecule has 102 valence electrons. The summed E-state index contributed by atoms with van der Waals surface area (Å²) in [5.41, 5.74) is 0.524. The van der Waals surface area contributed by atoms with Crippen molar-refractivity contribution in [3.05, 3.63) is 28.2 Å². The van der Waals surface area contributed by atoms with Crippen LogP contribution < -0.4 is 5.32 Å². The number of aliphatic carboxylic acids is 1. The molecule has 0 aliphatic heterocycles. The van der Waals surface area contributed by atoms with Crippen molar-refractivity contribution < 1.29 is 14.7 Å². The van der Waals surface area contributed by atoms with E-state index in [-0.39, 0.29) is 5.91 Å². The van der Waals surface area contributed by atoms with Gasteiger partial charge in [-0.1, -0.05) is 29.6 Å². The zero-order valence-corrected chi connectivity index (χ0v) is 11.5. The molecule has 1 aromatic carbocycles. The molecule has 6 heteroatoms. The average molecular weight is 302 g/mol. The van der Waals surface area contributed by atoms with Crippen LogP contribution >= 0.6 is 23.2 Å². The summed E-state index contributed by atoms with van der Waals surface area (Å²) in [4.78, 5) is 23.1. The topological polar surface area (TPSA) is 66.4 Å². The summed E-state index contributed by atoms with van der Waals surface area (Å²) in [5, 5.41) is 12.5. The van der Waals surface area contributed by atoms with E-state index in [1.54, 1.807) is 18.2 Å². The van der Waals surface area contributed by atoms with Crippen LogP contribution in [0.5, 0.6) is 0 Å². The Morgan fingerprint density at radius 1 is 1.16 bits per heavy atom. The Bertz CT molecular complexity index is 519. The van der Waals surface area contributed by atoms with Crippen molar-refractivity contribution in [1.82, 2.24) is 0 Å². The summed E-state index contributed by atoms with van der Waals surface area (Å²) in [6.45, 7) is 0. The van der Waals surface area contributed by atoms with Crippen molar-refractivity contribution in [1.29, 1.82) is 0 Å². The molecule has 0 heterocycles. The lowest BCUT2D eigenvalue weighted by Gasteiger charge is -2.15. The molecule has 1 saturated carbocycles. The zero-order valence-electron chi connectivity index (χ0n) is 10.0. The van der Waals surface area contributed by atoms with Crippen LogP contribution in [0, 0.1) is 11.8 Å². The second-order valence-corrected chi connectivity index (χ2v) is 5.41. The molecule has 1 aliphatic rings. The van der Waals surface area contributed by atoms with Gasteiger partial charge in [0.2, 0.25) is 5.91 Å². The molecule has 1 aliphatic carbocycles. The molecule has 4 nitrogen and oxygen atoms in total. The van der Waals surface area contributed by atoms with Gasteiger partial charge >= 0.3 is 5.97 Å². The van der Waals surface area contributed by atoms with E-state index in [0.29, 0.717) is 28.6 Å². The number of benzene rings is 1. The fourth-order valence-electron chi connectivity index (χ4n) is 2.38. The Hall–Kier alpha value is -1.26. The van der Waals surface area contributed by atoms with E-state index in [9.17, 15) is 9.59 Å². The molecule has 1 aromatic rings. The summed E-state index contributed by atoms with van der Waals surface area (Å²) in [6, 6.07) is 4.77. The van der Waals surface area contributed by atoms with E-state index >= 15 is 0 Å². The molecule has 0 radical (unpaired) electrons. The van der Waals surface area contributed by atoms with E-state index in [2.05, 4.69) is 5.32 Å². The van der Waals surface area contributed by atoms with Gasteiger partial charge in [0.15, 0.2) is 0 Å². The van der Waals surface area contributed by atoms with Gasteiger partial charge in [-0.05, 0) is 31.0 Å². The Morgan fingerprint density at radius 2 is 1.84 bits per heavy atom. The van der Waals surface area contributed by atoms with E-state index in [0.717, 1.165) is 6.42 Å². The maximum Gasteiger partial charge on any atom is 0.307 e. The first-order valence-electron chi connectivity index (χ1n) is 5.98. The zero-order chi connectivity index (χ0) is 14.0. The van der Waals surface area contributed by atoms with Crippen molar-refractivity contribution in [3.63, 3.8) is 0 Å². The predicted octanol–water partition coefficient (Wildman–Crippen LogP) is 3.43. The first-order valence-corrected chi connectivity index (χ1v) is 6.73. The molecule has 0 aromatic heterocycles. The Kier molecular flexibility index (Phi) is 4.32. The normalized spacial score (nSPS) is 22.2. The molecule has 0 saturated heterocycles. The summed E-state index contributed by atoms with van der Waals surface area (Å²) in [7, 11) is 0. The van der Waals surface area contributed by atoms with E-state index in [1.807, 2.05) is 0 Å². The highest BCUT2D eigenvalue weighted by molar-refractivity contribution is 6.42. The Labute approximate surface area is 120 Å². The quantitative estimate of drug-likeness (QED) is 0.899. The number of hydrogen-bond acceptors (Lipinski definition) is 2. The van der Waals surface area contributed by atoms with Crippen LogP contribution in [0.15, 0.2) is 18.2 Å². The minimum atomic E-state index is -0.910. The van der Waals surface area contributed by atoms with Gasteiger partial charge in [0.25, 0.3) is 0 Å². The molecule has 2 atom stereocenters. The van der Waals surface area contributed by atoms with Crippen molar-refractivity contribution >= 4 is 40.8 Å². The number of anilines is 1. The fourth-order valence-corrected chi connectivity index (χ4v) is 2.68. The molecule has 19 heavy (non-hydrogen) atoms. The van der Waals surface area contributed by atoms with Gasteiger partial charge in [-0.15, -0.1) is 0 Å². The number of carboxylic acids is 1. The molecule has 1 amide bonds. The first-order chi connectivity index (χ1) is 8.99. The number of hydrogen-bond donors (Lipinski definition) is 2. The first kappa shape index (κ1) is 14.2. The highest BCUT2D eigenvalue weighted by Crippen LogP contribution is 2.33. The lowest BCUT2D eigenvalue weighted by atomic mass is 9.95. The number of halogens is 2. The van der Waals surface area contributed by atoms with E-state index < -0.39 is 17.8 Å². The van der Waals surface area contributed by atoms with Crippen molar-refractivity contribution in [2.75, 3.05) is 5.32 Å². The molecule has 2 unspecified atom stereocenters.